The quantitative estimate of drug-likeness (QED) is 0.888. The van der Waals surface area contributed by atoms with Crippen molar-refractivity contribution in [3.63, 3.8) is 0 Å². The first-order valence-electron chi connectivity index (χ1n) is 6.89. The van der Waals surface area contributed by atoms with Crippen molar-refractivity contribution in [3.05, 3.63) is 35.9 Å². The van der Waals surface area contributed by atoms with Gasteiger partial charge in [0.1, 0.15) is 0 Å². The minimum Gasteiger partial charge on any atom is -0.335 e. The highest BCUT2D eigenvalue weighted by Gasteiger charge is 2.21. The molecule has 1 fully saturated rings. The highest BCUT2D eigenvalue weighted by atomic mass is 32.2. The SMILES string of the molecule is CSC1CCC(NC(=O)NCc2ccccc2)CC1. The number of carbonyl (C=O) groups is 1. The summed E-state index contributed by atoms with van der Waals surface area (Å²) in [6.07, 6.45) is 6.80. The van der Waals surface area contributed by atoms with Crippen LogP contribution in [0.1, 0.15) is 31.2 Å². The van der Waals surface area contributed by atoms with Crippen LogP contribution in [0.4, 0.5) is 4.79 Å². The summed E-state index contributed by atoms with van der Waals surface area (Å²) in [6, 6.07) is 10.3. The molecule has 2 N–H and O–H groups in total. The third kappa shape index (κ3) is 4.78. The molecule has 1 aromatic rings. The summed E-state index contributed by atoms with van der Waals surface area (Å²) in [5.74, 6) is 0. The molecule has 2 rings (SSSR count). The number of thioether (sulfide) groups is 1. The van der Waals surface area contributed by atoms with Gasteiger partial charge in [0.05, 0.1) is 0 Å². The maximum Gasteiger partial charge on any atom is 0.315 e. The molecule has 0 unspecified atom stereocenters. The van der Waals surface area contributed by atoms with E-state index in [9.17, 15) is 4.79 Å². The number of rotatable bonds is 4. The van der Waals surface area contributed by atoms with Crippen molar-refractivity contribution in [1.29, 1.82) is 0 Å². The molecule has 0 bridgehead atoms. The lowest BCUT2D eigenvalue weighted by molar-refractivity contribution is 0.232. The summed E-state index contributed by atoms with van der Waals surface area (Å²) in [5.41, 5.74) is 1.13. The van der Waals surface area contributed by atoms with Gasteiger partial charge in [0.25, 0.3) is 0 Å². The number of carbonyl (C=O) groups excluding carboxylic acids is 1. The van der Waals surface area contributed by atoms with E-state index in [-0.39, 0.29) is 6.03 Å². The average Bonchev–Trinajstić information content (AvgIpc) is 2.47. The van der Waals surface area contributed by atoms with Crippen LogP contribution in [0.3, 0.4) is 0 Å². The second kappa shape index (κ2) is 7.43. The lowest BCUT2D eigenvalue weighted by atomic mass is 9.95. The van der Waals surface area contributed by atoms with Crippen molar-refractivity contribution in [3.8, 4) is 0 Å². The minimum atomic E-state index is -0.0449. The number of nitrogens with one attached hydrogen (secondary N) is 2. The molecule has 0 aromatic heterocycles. The number of urea groups is 1. The van der Waals surface area contributed by atoms with Gasteiger partial charge in [-0.2, -0.15) is 11.8 Å². The van der Waals surface area contributed by atoms with Crippen LogP contribution in [0, 0.1) is 0 Å². The lowest BCUT2D eigenvalue weighted by Crippen LogP contribution is -2.43. The van der Waals surface area contributed by atoms with Crippen molar-refractivity contribution in [2.75, 3.05) is 6.26 Å². The van der Waals surface area contributed by atoms with Gasteiger partial charge in [-0.1, -0.05) is 30.3 Å². The number of amides is 2. The summed E-state index contributed by atoms with van der Waals surface area (Å²) in [6.45, 7) is 0.590. The normalized spacial score (nSPS) is 22.8. The molecule has 0 radical (unpaired) electrons. The summed E-state index contributed by atoms with van der Waals surface area (Å²) in [5, 5.41) is 6.77. The fourth-order valence-corrected chi connectivity index (χ4v) is 3.20. The molecule has 4 heteroatoms. The van der Waals surface area contributed by atoms with E-state index in [2.05, 4.69) is 16.9 Å². The van der Waals surface area contributed by atoms with Crippen LogP contribution >= 0.6 is 11.8 Å². The molecule has 0 saturated heterocycles. The predicted molar refractivity (Wildman–Crippen MR) is 81.4 cm³/mol. The fourth-order valence-electron chi connectivity index (χ4n) is 2.46. The van der Waals surface area contributed by atoms with Crippen molar-refractivity contribution >= 4 is 17.8 Å². The molecule has 2 amide bonds. The summed E-state index contributed by atoms with van der Waals surface area (Å²) < 4.78 is 0. The zero-order chi connectivity index (χ0) is 13.5. The Balaban J connectivity index is 1.67. The van der Waals surface area contributed by atoms with E-state index in [0.717, 1.165) is 23.7 Å². The van der Waals surface area contributed by atoms with Gasteiger partial charge in [-0.05, 0) is 37.5 Å². The van der Waals surface area contributed by atoms with E-state index in [4.69, 9.17) is 0 Å². The standard InChI is InChI=1S/C15H22N2OS/c1-19-14-9-7-13(8-10-14)17-15(18)16-11-12-5-3-2-4-6-12/h2-6,13-14H,7-11H2,1H3,(H2,16,17,18). The monoisotopic (exact) mass is 278 g/mol. The fraction of sp³-hybridized carbons (Fsp3) is 0.533. The Morgan fingerprint density at radius 3 is 2.53 bits per heavy atom. The van der Waals surface area contributed by atoms with Gasteiger partial charge in [0.15, 0.2) is 0 Å². The van der Waals surface area contributed by atoms with Crippen molar-refractivity contribution in [1.82, 2.24) is 10.6 Å². The van der Waals surface area contributed by atoms with Gasteiger partial charge >= 0.3 is 6.03 Å². The van der Waals surface area contributed by atoms with Gasteiger partial charge in [-0.25, -0.2) is 4.79 Å². The maximum atomic E-state index is 11.8. The molecule has 1 aromatic carbocycles. The Morgan fingerprint density at radius 1 is 1.21 bits per heavy atom. The van der Waals surface area contributed by atoms with Crippen molar-refractivity contribution in [2.45, 2.75) is 43.5 Å². The second-order valence-corrected chi connectivity index (χ2v) is 6.16. The molecule has 0 spiro atoms. The van der Waals surface area contributed by atoms with Crippen LogP contribution < -0.4 is 10.6 Å². The Morgan fingerprint density at radius 2 is 1.89 bits per heavy atom. The third-order valence-electron chi connectivity index (χ3n) is 3.64. The molecular formula is C15H22N2OS. The molecule has 0 heterocycles. The van der Waals surface area contributed by atoms with Crippen LogP contribution in [-0.2, 0) is 6.54 Å². The molecular weight excluding hydrogens is 256 g/mol. The molecule has 104 valence electrons. The number of benzene rings is 1. The molecule has 1 aliphatic rings. The van der Waals surface area contributed by atoms with Gasteiger partial charge in [0.2, 0.25) is 0 Å². The summed E-state index contributed by atoms with van der Waals surface area (Å²) >= 11 is 1.95. The van der Waals surface area contributed by atoms with E-state index in [1.165, 1.54) is 12.8 Å². The smallest absolute Gasteiger partial charge is 0.315 e. The first-order chi connectivity index (χ1) is 9.28. The number of hydrogen-bond donors (Lipinski definition) is 2. The molecule has 0 atom stereocenters. The zero-order valence-corrected chi connectivity index (χ0v) is 12.2. The Bertz CT molecular complexity index is 388. The van der Waals surface area contributed by atoms with Gasteiger partial charge in [-0.15, -0.1) is 0 Å². The first kappa shape index (κ1) is 14.3. The molecule has 19 heavy (non-hydrogen) atoms. The van der Waals surface area contributed by atoms with E-state index >= 15 is 0 Å². The topological polar surface area (TPSA) is 41.1 Å². The van der Waals surface area contributed by atoms with Crippen molar-refractivity contribution in [2.24, 2.45) is 0 Å². The van der Waals surface area contributed by atoms with Crippen LogP contribution in [0.2, 0.25) is 0 Å². The van der Waals surface area contributed by atoms with Gasteiger partial charge < -0.3 is 10.6 Å². The average molecular weight is 278 g/mol. The van der Waals surface area contributed by atoms with E-state index in [1.54, 1.807) is 0 Å². The highest BCUT2D eigenvalue weighted by molar-refractivity contribution is 7.99. The predicted octanol–water partition coefficient (Wildman–Crippen LogP) is 3.16. The lowest BCUT2D eigenvalue weighted by Gasteiger charge is -2.28. The molecule has 1 aliphatic carbocycles. The van der Waals surface area contributed by atoms with Crippen LogP contribution in [0.25, 0.3) is 0 Å². The molecule has 1 saturated carbocycles. The van der Waals surface area contributed by atoms with E-state index in [0.29, 0.717) is 12.6 Å². The summed E-state index contributed by atoms with van der Waals surface area (Å²) in [4.78, 5) is 11.8. The second-order valence-electron chi connectivity index (χ2n) is 5.02. The Hall–Kier alpha value is -1.16. The first-order valence-corrected chi connectivity index (χ1v) is 8.18. The van der Waals surface area contributed by atoms with Crippen molar-refractivity contribution < 1.29 is 4.79 Å². The largest absolute Gasteiger partial charge is 0.335 e. The van der Waals surface area contributed by atoms with Gasteiger partial charge in [0, 0.05) is 17.8 Å². The van der Waals surface area contributed by atoms with Crippen LogP contribution in [0.15, 0.2) is 30.3 Å². The zero-order valence-electron chi connectivity index (χ0n) is 11.4. The maximum absolute atomic E-state index is 11.8. The van der Waals surface area contributed by atoms with Gasteiger partial charge in [-0.3, -0.25) is 0 Å². The number of hydrogen-bond acceptors (Lipinski definition) is 2. The molecule has 3 nitrogen and oxygen atoms in total. The van der Waals surface area contributed by atoms with E-state index in [1.807, 2.05) is 42.1 Å². The highest BCUT2D eigenvalue weighted by Crippen LogP contribution is 2.26. The minimum absolute atomic E-state index is 0.0449. The van der Waals surface area contributed by atoms with E-state index < -0.39 is 0 Å². The Kier molecular flexibility index (Phi) is 5.58. The van der Waals surface area contributed by atoms with Crippen LogP contribution in [-0.4, -0.2) is 23.6 Å². The Labute approximate surface area is 119 Å². The van der Waals surface area contributed by atoms with Crippen LogP contribution in [0.5, 0.6) is 0 Å². The summed E-state index contributed by atoms with van der Waals surface area (Å²) in [7, 11) is 0. The molecule has 0 aliphatic heterocycles. The third-order valence-corrected chi connectivity index (χ3v) is 4.78.